The Morgan fingerprint density at radius 3 is 2.28 bits per heavy atom. The van der Waals surface area contributed by atoms with Crippen LogP contribution in [0.1, 0.15) is 48.0 Å². The minimum absolute atomic E-state index is 0. The van der Waals surface area contributed by atoms with E-state index in [-0.39, 0.29) is 19.4 Å². The lowest BCUT2D eigenvalue weighted by atomic mass is 9.94. The van der Waals surface area contributed by atoms with Crippen molar-refractivity contribution >= 4 is 36.6 Å². The zero-order valence-corrected chi connectivity index (χ0v) is 12.0. The maximum atomic E-state index is 12.3. The standard InChI is InChI=1S/C14H15NOS.H2S/c16-13-11-8-4-5-9-12(11)14(17)15(13)10-6-2-1-3-7-10;/h4-5,8-10H,1-3,6-7H2;1H2. The van der Waals surface area contributed by atoms with Gasteiger partial charge in [-0.2, -0.15) is 13.5 Å². The number of carbonyl (C=O) groups excluding carboxylic acids is 1. The molecule has 0 saturated heterocycles. The number of amides is 1. The van der Waals surface area contributed by atoms with Crippen LogP contribution >= 0.6 is 25.7 Å². The number of carbonyl (C=O) groups is 1. The third kappa shape index (κ3) is 2.08. The predicted molar refractivity (Wildman–Crippen MR) is 81.6 cm³/mol. The largest absolute Gasteiger partial charge is 0.295 e. The highest BCUT2D eigenvalue weighted by atomic mass is 32.1. The van der Waals surface area contributed by atoms with E-state index in [0.29, 0.717) is 6.04 Å². The van der Waals surface area contributed by atoms with Crippen LogP contribution in [-0.2, 0) is 0 Å². The fraction of sp³-hybridized carbons (Fsp3) is 0.429. The van der Waals surface area contributed by atoms with Crippen LogP contribution in [0.4, 0.5) is 0 Å². The molecular formula is C14H17NOS2. The van der Waals surface area contributed by atoms with E-state index in [0.717, 1.165) is 29.0 Å². The summed E-state index contributed by atoms with van der Waals surface area (Å²) in [4.78, 5) is 14.9. The summed E-state index contributed by atoms with van der Waals surface area (Å²) < 4.78 is 0. The van der Waals surface area contributed by atoms with E-state index in [4.69, 9.17) is 12.2 Å². The van der Waals surface area contributed by atoms with E-state index in [9.17, 15) is 4.79 Å². The van der Waals surface area contributed by atoms with Crippen LogP contribution in [0.15, 0.2) is 24.3 Å². The quantitative estimate of drug-likeness (QED) is 0.735. The number of hydrogen-bond donors (Lipinski definition) is 0. The first-order valence-corrected chi connectivity index (χ1v) is 6.67. The first-order valence-electron chi connectivity index (χ1n) is 6.26. The second-order valence-electron chi connectivity index (χ2n) is 4.82. The lowest BCUT2D eigenvalue weighted by Crippen LogP contribution is -2.40. The lowest BCUT2D eigenvalue weighted by Gasteiger charge is -2.30. The molecule has 1 saturated carbocycles. The number of rotatable bonds is 1. The summed E-state index contributed by atoms with van der Waals surface area (Å²) in [5.74, 6) is 0.109. The zero-order chi connectivity index (χ0) is 11.8. The van der Waals surface area contributed by atoms with Gasteiger partial charge in [0.1, 0.15) is 4.99 Å². The maximum Gasteiger partial charge on any atom is 0.259 e. The summed E-state index contributed by atoms with van der Waals surface area (Å²) in [5, 5.41) is 0. The molecule has 1 aromatic carbocycles. The van der Waals surface area contributed by atoms with Crippen molar-refractivity contribution in [3.8, 4) is 0 Å². The monoisotopic (exact) mass is 279 g/mol. The molecule has 1 aliphatic carbocycles. The van der Waals surface area contributed by atoms with Crippen LogP contribution in [0.2, 0.25) is 0 Å². The average molecular weight is 279 g/mol. The molecule has 4 heteroatoms. The molecular weight excluding hydrogens is 262 g/mol. The summed E-state index contributed by atoms with van der Waals surface area (Å²) in [6.45, 7) is 0. The van der Waals surface area contributed by atoms with Crippen LogP contribution in [0.25, 0.3) is 0 Å². The molecule has 2 aliphatic rings. The molecule has 1 fully saturated rings. The molecule has 2 nitrogen and oxygen atoms in total. The Labute approximate surface area is 120 Å². The molecule has 1 aliphatic heterocycles. The van der Waals surface area contributed by atoms with E-state index in [1.165, 1.54) is 19.3 Å². The van der Waals surface area contributed by atoms with Crippen molar-refractivity contribution in [3.63, 3.8) is 0 Å². The molecule has 18 heavy (non-hydrogen) atoms. The summed E-state index contributed by atoms with van der Waals surface area (Å²) in [6, 6.07) is 8.02. The van der Waals surface area contributed by atoms with Crippen molar-refractivity contribution in [3.05, 3.63) is 35.4 Å². The Hall–Kier alpha value is -0.870. The van der Waals surface area contributed by atoms with Crippen LogP contribution in [0, 0.1) is 0 Å². The van der Waals surface area contributed by atoms with Crippen molar-refractivity contribution in [1.82, 2.24) is 4.90 Å². The van der Waals surface area contributed by atoms with E-state index in [2.05, 4.69) is 0 Å². The van der Waals surface area contributed by atoms with Gasteiger partial charge in [0.2, 0.25) is 0 Å². The third-order valence-corrected chi connectivity index (χ3v) is 4.18. The maximum absolute atomic E-state index is 12.3. The average Bonchev–Trinajstić information content (AvgIpc) is 2.64. The Balaban J connectivity index is 0.00000120. The van der Waals surface area contributed by atoms with Crippen LogP contribution < -0.4 is 0 Å². The van der Waals surface area contributed by atoms with E-state index >= 15 is 0 Å². The van der Waals surface area contributed by atoms with Gasteiger partial charge in [0.15, 0.2) is 0 Å². The lowest BCUT2D eigenvalue weighted by molar-refractivity contribution is 0.0795. The van der Waals surface area contributed by atoms with Gasteiger partial charge in [0, 0.05) is 11.6 Å². The second-order valence-corrected chi connectivity index (χ2v) is 5.20. The molecule has 0 atom stereocenters. The van der Waals surface area contributed by atoms with Crippen LogP contribution in [0.3, 0.4) is 0 Å². The molecule has 0 N–H and O–H groups in total. The summed E-state index contributed by atoms with van der Waals surface area (Å²) in [7, 11) is 0. The first-order chi connectivity index (χ1) is 8.29. The van der Waals surface area contributed by atoms with Gasteiger partial charge in [0.25, 0.3) is 5.91 Å². The van der Waals surface area contributed by atoms with E-state index < -0.39 is 0 Å². The molecule has 0 unspecified atom stereocenters. The van der Waals surface area contributed by atoms with E-state index in [1.54, 1.807) is 0 Å². The topological polar surface area (TPSA) is 20.3 Å². The van der Waals surface area contributed by atoms with Crippen molar-refractivity contribution in [2.75, 3.05) is 0 Å². The Bertz CT molecular complexity index is 445. The highest BCUT2D eigenvalue weighted by Crippen LogP contribution is 2.31. The molecule has 0 radical (unpaired) electrons. The van der Waals surface area contributed by atoms with Crippen LogP contribution in [-0.4, -0.2) is 21.8 Å². The zero-order valence-electron chi connectivity index (χ0n) is 10.2. The molecule has 1 heterocycles. The second kappa shape index (κ2) is 5.41. The fourth-order valence-corrected chi connectivity index (χ4v) is 3.29. The molecule has 3 rings (SSSR count). The van der Waals surface area contributed by atoms with Crippen molar-refractivity contribution in [2.45, 2.75) is 38.1 Å². The van der Waals surface area contributed by atoms with Gasteiger partial charge < -0.3 is 0 Å². The van der Waals surface area contributed by atoms with Gasteiger partial charge >= 0.3 is 0 Å². The molecule has 0 spiro atoms. The molecule has 0 aromatic heterocycles. The summed E-state index contributed by atoms with van der Waals surface area (Å²) in [5.41, 5.74) is 1.72. The van der Waals surface area contributed by atoms with Gasteiger partial charge in [-0.1, -0.05) is 49.7 Å². The Kier molecular flexibility index (Phi) is 4.07. The molecule has 1 aromatic rings. The van der Waals surface area contributed by atoms with E-state index in [1.807, 2.05) is 29.2 Å². The molecule has 0 bridgehead atoms. The minimum Gasteiger partial charge on any atom is -0.295 e. The number of fused-ring (bicyclic) bond motifs is 1. The van der Waals surface area contributed by atoms with Crippen molar-refractivity contribution in [2.24, 2.45) is 0 Å². The first kappa shape index (κ1) is 13.6. The Morgan fingerprint density at radius 1 is 1.06 bits per heavy atom. The number of hydrogen-bond acceptors (Lipinski definition) is 2. The third-order valence-electron chi connectivity index (χ3n) is 3.77. The summed E-state index contributed by atoms with van der Waals surface area (Å²) in [6.07, 6.45) is 5.92. The SMILES string of the molecule is O=C1c2ccccc2C(=S)N1C1CCCCC1.S. The van der Waals surface area contributed by atoms with Crippen LogP contribution in [0.5, 0.6) is 0 Å². The van der Waals surface area contributed by atoms with Gasteiger partial charge in [-0.25, -0.2) is 0 Å². The van der Waals surface area contributed by atoms with Gasteiger partial charge in [0.05, 0.1) is 5.56 Å². The predicted octanol–water partition coefficient (Wildman–Crippen LogP) is 3.26. The van der Waals surface area contributed by atoms with Crippen molar-refractivity contribution < 1.29 is 4.79 Å². The Morgan fingerprint density at radius 2 is 1.67 bits per heavy atom. The van der Waals surface area contributed by atoms with Gasteiger partial charge in [-0.15, -0.1) is 0 Å². The number of thiocarbonyl (C=S) groups is 1. The fourth-order valence-electron chi connectivity index (χ4n) is 2.88. The minimum atomic E-state index is 0. The van der Waals surface area contributed by atoms with Gasteiger partial charge in [-0.05, 0) is 18.9 Å². The number of nitrogens with zero attached hydrogens (tertiary/aromatic N) is 1. The smallest absolute Gasteiger partial charge is 0.259 e. The normalized spacial score (nSPS) is 19.7. The summed E-state index contributed by atoms with van der Waals surface area (Å²) >= 11 is 5.46. The van der Waals surface area contributed by atoms with Gasteiger partial charge in [-0.3, -0.25) is 9.69 Å². The highest BCUT2D eigenvalue weighted by molar-refractivity contribution is 7.80. The molecule has 96 valence electrons. The highest BCUT2D eigenvalue weighted by Gasteiger charge is 2.37. The number of benzene rings is 1. The van der Waals surface area contributed by atoms with Crippen molar-refractivity contribution in [1.29, 1.82) is 0 Å². The molecule has 1 amide bonds.